The molecule has 0 heterocycles. The summed E-state index contributed by atoms with van der Waals surface area (Å²) in [6, 6.07) is 0. The van der Waals surface area contributed by atoms with Crippen molar-refractivity contribution in [2.24, 2.45) is 0 Å². The van der Waals surface area contributed by atoms with Gasteiger partial charge in [-0.2, -0.15) is 0 Å². The van der Waals surface area contributed by atoms with Gasteiger partial charge in [0.05, 0.1) is 0 Å². The van der Waals surface area contributed by atoms with Crippen LogP contribution in [0.4, 0.5) is 0 Å². The van der Waals surface area contributed by atoms with Gasteiger partial charge in [0.15, 0.2) is 6.10 Å². The SMILES string of the molecule is CC/C=C\C/C=C\C/C=C\C/C=C\C/C=C\C/C=C\C/C=C\C/C=C\C/C=C\CCCCCC(=O)OCC(COC(=O)CC/C=C\C/C=C\C/C=C\C/C=C\CC)OC(=O)CCCCCC/C=C\C/C=C\C/C=C\C/C=C\CC. The molecule has 0 aliphatic rings. The van der Waals surface area contributed by atoms with Gasteiger partial charge in [0, 0.05) is 19.3 Å². The first-order chi connectivity index (χ1) is 39.0. The highest BCUT2D eigenvalue weighted by atomic mass is 16.6. The van der Waals surface area contributed by atoms with Crippen molar-refractivity contribution in [3.8, 4) is 0 Å². The third kappa shape index (κ3) is 62.7. The third-order valence-corrected chi connectivity index (χ3v) is 11.8. The number of allylic oxidation sites excluding steroid dienone is 34. The van der Waals surface area contributed by atoms with E-state index in [1.54, 1.807) is 0 Å². The molecule has 0 fully saturated rings. The van der Waals surface area contributed by atoms with Gasteiger partial charge >= 0.3 is 17.9 Å². The number of ether oxygens (including phenoxy) is 3. The number of carbonyl (C=O) groups excluding carboxylic acids is 3. The quantitative estimate of drug-likeness (QED) is 0.0261. The minimum atomic E-state index is -0.848. The van der Waals surface area contributed by atoms with Crippen LogP contribution in [0.25, 0.3) is 0 Å². The number of carbonyl (C=O) groups is 3. The van der Waals surface area contributed by atoms with E-state index in [0.717, 1.165) is 161 Å². The van der Waals surface area contributed by atoms with E-state index in [4.69, 9.17) is 14.2 Å². The molecule has 0 saturated carbocycles. The van der Waals surface area contributed by atoms with Crippen molar-refractivity contribution < 1.29 is 28.6 Å². The largest absolute Gasteiger partial charge is 0.462 e. The molecule has 436 valence electrons. The molecular weight excluding hydrogens is 973 g/mol. The smallest absolute Gasteiger partial charge is 0.306 e. The Bertz CT molecular complexity index is 1960. The van der Waals surface area contributed by atoms with Gasteiger partial charge in [0.2, 0.25) is 0 Å². The van der Waals surface area contributed by atoms with Crippen LogP contribution >= 0.6 is 0 Å². The zero-order valence-corrected chi connectivity index (χ0v) is 49.8. The summed E-state index contributed by atoms with van der Waals surface area (Å²) < 4.78 is 16.7. The summed E-state index contributed by atoms with van der Waals surface area (Å²) in [6.07, 6.45) is 99.9. The number of esters is 3. The Hall–Kier alpha value is -6.01. The molecule has 0 amide bonds. The van der Waals surface area contributed by atoms with Gasteiger partial charge in [0.25, 0.3) is 0 Å². The molecule has 0 aliphatic heterocycles. The minimum absolute atomic E-state index is 0.140. The van der Waals surface area contributed by atoms with Crippen LogP contribution in [0.1, 0.15) is 213 Å². The Kier molecular flexibility index (Phi) is 59.6. The van der Waals surface area contributed by atoms with Gasteiger partial charge in [-0.15, -0.1) is 0 Å². The van der Waals surface area contributed by atoms with Crippen LogP contribution in [-0.4, -0.2) is 37.2 Å². The molecule has 0 spiro atoms. The van der Waals surface area contributed by atoms with Gasteiger partial charge in [-0.1, -0.05) is 247 Å². The van der Waals surface area contributed by atoms with Crippen LogP contribution in [0.2, 0.25) is 0 Å². The molecule has 0 rings (SSSR count). The molecule has 1 atom stereocenters. The summed E-state index contributed by atoms with van der Waals surface area (Å²) >= 11 is 0. The second-order valence-corrected chi connectivity index (χ2v) is 19.1. The average molecular weight is 1080 g/mol. The predicted molar refractivity (Wildman–Crippen MR) is 343 cm³/mol. The lowest BCUT2D eigenvalue weighted by molar-refractivity contribution is -0.166. The summed E-state index contributed by atoms with van der Waals surface area (Å²) in [5.41, 5.74) is 0. The van der Waals surface area contributed by atoms with E-state index in [2.05, 4.69) is 215 Å². The summed E-state index contributed by atoms with van der Waals surface area (Å²) in [5.74, 6) is -1.09. The molecular formula is C73H108O6. The van der Waals surface area contributed by atoms with Crippen LogP contribution in [0.3, 0.4) is 0 Å². The van der Waals surface area contributed by atoms with Crippen molar-refractivity contribution in [3.63, 3.8) is 0 Å². The number of hydrogen-bond donors (Lipinski definition) is 0. The van der Waals surface area contributed by atoms with E-state index >= 15 is 0 Å². The molecule has 0 radical (unpaired) electrons. The summed E-state index contributed by atoms with van der Waals surface area (Å²) in [6.45, 7) is 6.15. The van der Waals surface area contributed by atoms with Gasteiger partial charge < -0.3 is 14.2 Å². The first-order valence-corrected chi connectivity index (χ1v) is 30.6. The van der Waals surface area contributed by atoms with E-state index in [-0.39, 0.29) is 50.4 Å². The molecule has 0 N–H and O–H groups in total. The Morgan fingerprint density at radius 2 is 0.481 bits per heavy atom. The van der Waals surface area contributed by atoms with Crippen molar-refractivity contribution in [1.29, 1.82) is 0 Å². The minimum Gasteiger partial charge on any atom is -0.462 e. The molecule has 0 aromatic carbocycles. The van der Waals surface area contributed by atoms with Crippen molar-refractivity contribution in [3.05, 3.63) is 207 Å². The Morgan fingerprint density at radius 3 is 0.785 bits per heavy atom. The van der Waals surface area contributed by atoms with E-state index in [9.17, 15) is 14.4 Å². The normalized spacial score (nSPS) is 13.6. The van der Waals surface area contributed by atoms with Crippen LogP contribution in [0, 0.1) is 0 Å². The molecule has 0 aliphatic carbocycles. The van der Waals surface area contributed by atoms with Crippen LogP contribution < -0.4 is 0 Å². The lowest BCUT2D eigenvalue weighted by Gasteiger charge is -2.18. The first kappa shape index (κ1) is 73.0. The molecule has 6 nitrogen and oxygen atoms in total. The third-order valence-electron chi connectivity index (χ3n) is 11.8. The highest BCUT2D eigenvalue weighted by molar-refractivity contribution is 5.71. The molecule has 1 unspecified atom stereocenters. The summed E-state index contributed by atoms with van der Waals surface area (Å²) in [7, 11) is 0. The topological polar surface area (TPSA) is 78.9 Å². The highest BCUT2D eigenvalue weighted by Gasteiger charge is 2.19. The lowest BCUT2D eigenvalue weighted by Crippen LogP contribution is -2.30. The highest BCUT2D eigenvalue weighted by Crippen LogP contribution is 2.11. The summed E-state index contributed by atoms with van der Waals surface area (Å²) in [4.78, 5) is 38.2. The maximum Gasteiger partial charge on any atom is 0.306 e. The van der Waals surface area contributed by atoms with Crippen molar-refractivity contribution in [2.45, 2.75) is 219 Å². The van der Waals surface area contributed by atoms with Crippen LogP contribution in [0.15, 0.2) is 207 Å². The monoisotopic (exact) mass is 1080 g/mol. The zero-order valence-electron chi connectivity index (χ0n) is 49.8. The molecule has 79 heavy (non-hydrogen) atoms. The van der Waals surface area contributed by atoms with Crippen molar-refractivity contribution in [2.75, 3.05) is 13.2 Å². The van der Waals surface area contributed by atoms with E-state index in [0.29, 0.717) is 12.8 Å². The van der Waals surface area contributed by atoms with Gasteiger partial charge in [-0.3, -0.25) is 14.4 Å². The van der Waals surface area contributed by atoms with Crippen molar-refractivity contribution in [1.82, 2.24) is 0 Å². The number of rotatable bonds is 52. The fourth-order valence-electron chi connectivity index (χ4n) is 7.32. The fourth-order valence-corrected chi connectivity index (χ4v) is 7.32. The van der Waals surface area contributed by atoms with Crippen LogP contribution in [0.5, 0.6) is 0 Å². The zero-order chi connectivity index (χ0) is 57.1. The van der Waals surface area contributed by atoms with E-state index in [1.807, 2.05) is 12.2 Å². The second-order valence-electron chi connectivity index (χ2n) is 19.1. The lowest BCUT2D eigenvalue weighted by atomic mass is 10.1. The Labute approximate surface area is 483 Å². The summed E-state index contributed by atoms with van der Waals surface area (Å²) in [5, 5.41) is 0. The molecule has 0 aromatic rings. The standard InChI is InChI=1S/C73H108O6/c1-4-7-10-13-16-19-22-25-27-29-30-31-32-33-34-35-36-37-38-39-40-41-42-44-45-48-51-54-57-60-63-66-72(75)78-69-70(68-77-71(74)65-62-59-56-53-50-47-24-21-18-15-12-9-6-3)79-73(76)67-64-61-58-55-52-49-46-43-28-26-23-20-17-14-11-8-5-2/h7-12,16-21,25-28,30-31,33-34,36-37,39-40,42,44,46-51,56,59,70H,4-6,13-15,22-24,29,32,35,38,41,43,45,52-55,57-58,60-69H2,1-3H3/b10-7-,11-8-,12-9-,19-16-,20-17-,21-18-,27-25-,28-26-,31-30-,34-33-,37-36-,40-39-,44-42-,49-46-,50-47-,51-48-,59-56-. The average Bonchev–Trinajstić information content (AvgIpc) is 3.45. The molecule has 0 saturated heterocycles. The Morgan fingerprint density at radius 1 is 0.253 bits per heavy atom. The number of hydrogen-bond acceptors (Lipinski definition) is 6. The van der Waals surface area contributed by atoms with Crippen molar-refractivity contribution >= 4 is 17.9 Å². The molecule has 0 aromatic heterocycles. The maximum atomic E-state index is 12.9. The van der Waals surface area contributed by atoms with Crippen LogP contribution in [-0.2, 0) is 28.6 Å². The predicted octanol–water partition coefficient (Wildman–Crippen LogP) is 21.2. The van der Waals surface area contributed by atoms with E-state index in [1.165, 1.54) is 0 Å². The number of unbranched alkanes of at least 4 members (excludes halogenated alkanes) is 7. The molecule has 6 heteroatoms. The van der Waals surface area contributed by atoms with Gasteiger partial charge in [-0.25, -0.2) is 0 Å². The Balaban J connectivity index is 4.50. The van der Waals surface area contributed by atoms with E-state index < -0.39 is 6.10 Å². The van der Waals surface area contributed by atoms with Gasteiger partial charge in [0.1, 0.15) is 13.2 Å². The maximum absolute atomic E-state index is 12.9. The fraction of sp³-hybridized carbons (Fsp3) is 0.493. The first-order valence-electron chi connectivity index (χ1n) is 30.6. The molecule has 0 bridgehead atoms. The van der Waals surface area contributed by atoms with Gasteiger partial charge in [-0.05, 0) is 154 Å². The second kappa shape index (κ2) is 64.5.